The van der Waals surface area contributed by atoms with Gasteiger partial charge in [0.05, 0.1) is 22.7 Å². The van der Waals surface area contributed by atoms with Gasteiger partial charge in [0.2, 0.25) is 0 Å². The second-order valence-corrected chi connectivity index (χ2v) is 17.6. The van der Waals surface area contributed by atoms with Gasteiger partial charge in [-0.3, -0.25) is 0 Å². The first-order valence-electron chi connectivity index (χ1n) is 22.3. The van der Waals surface area contributed by atoms with Crippen molar-refractivity contribution >= 4 is 21.8 Å². The van der Waals surface area contributed by atoms with Crippen LogP contribution < -0.4 is 0 Å². The molecule has 2 heterocycles. The van der Waals surface area contributed by atoms with E-state index in [-0.39, 0.29) is 5.41 Å². The molecule has 66 heavy (non-hydrogen) atoms. The molecule has 310 valence electrons. The van der Waals surface area contributed by atoms with Crippen molar-refractivity contribution in [2.45, 2.75) is 19.3 Å². The number of hydrogen-bond donors (Lipinski definition) is 0. The largest absolute Gasteiger partial charge is 0.309 e. The van der Waals surface area contributed by atoms with Crippen molar-refractivity contribution in [2.24, 2.45) is 0 Å². The average molecular weight is 844 g/mol. The minimum atomic E-state index is -0.200. The molecule has 0 fully saturated rings. The standard InChI is InChI=1S/C61H41N5/c1-61(2)54-27-13-12-26-50(54)52-36-53-51-29-28-45(41-19-8-4-9-20-41)35-56(51)66(57(53)37-55(52)61)49-33-47(43-23-14-16-39(30-43)38-62)32-48(34-49)60-64-58(42-21-10-5-11-22-42)63-59(65-60)46-25-15-24-44(31-46)40-17-6-3-7-18-40/h3-37H,1-2H3. The van der Waals surface area contributed by atoms with Crippen LogP contribution in [0.25, 0.3) is 106 Å². The second kappa shape index (κ2) is 15.5. The summed E-state index contributed by atoms with van der Waals surface area (Å²) in [5.74, 6) is 1.71. The molecule has 0 unspecified atom stereocenters. The van der Waals surface area contributed by atoms with Crippen molar-refractivity contribution in [3.05, 3.63) is 229 Å². The maximum absolute atomic E-state index is 10.1. The van der Waals surface area contributed by atoms with Crippen molar-refractivity contribution in [2.75, 3.05) is 0 Å². The van der Waals surface area contributed by atoms with Gasteiger partial charge in [-0.1, -0.05) is 172 Å². The number of nitriles is 1. The number of rotatable bonds is 7. The maximum Gasteiger partial charge on any atom is 0.164 e. The van der Waals surface area contributed by atoms with Crippen LogP contribution >= 0.6 is 0 Å². The van der Waals surface area contributed by atoms with Gasteiger partial charge in [-0.25, -0.2) is 15.0 Å². The van der Waals surface area contributed by atoms with Gasteiger partial charge >= 0.3 is 0 Å². The van der Waals surface area contributed by atoms with Gasteiger partial charge in [0.25, 0.3) is 0 Å². The third-order valence-electron chi connectivity index (χ3n) is 13.2. The highest BCUT2D eigenvalue weighted by atomic mass is 15.0. The predicted molar refractivity (Wildman–Crippen MR) is 269 cm³/mol. The summed E-state index contributed by atoms with van der Waals surface area (Å²) in [5.41, 5.74) is 17.7. The first kappa shape index (κ1) is 38.9. The van der Waals surface area contributed by atoms with E-state index < -0.39 is 0 Å². The zero-order valence-electron chi connectivity index (χ0n) is 36.4. The van der Waals surface area contributed by atoms with Crippen LogP contribution in [0.3, 0.4) is 0 Å². The second-order valence-electron chi connectivity index (χ2n) is 17.6. The molecular weight excluding hydrogens is 803 g/mol. The molecule has 0 bridgehead atoms. The molecule has 5 nitrogen and oxygen atoms in total. The number of fused-ring (bicyclic) bond motifs is 6. The van der Waals surface area contributed by atoms with Crippen LogP contribution in [0.2, 0.25) is 0 Å². The van der Waals surface area contributed by atoms with E-state index in [4.69, 9.17) is 15.0 Å². The predicted octanol–water partition coefficient (Wildman–Crippen LogP) is 15.1. The molecule has 0 radical (unpaired) electrons. The van der Waals surface area contributed by atoms with Gasteiger partial charge in [-0.05, 0) is 110 Å². The summed E-state index contributed by atoms with van der Waals surface area (Å²) in [4.78, 5) is 15.7. The van der Waals surface area contributed by atoms with Gasteiger partial charge in [0, 0.05) is 38.6 Å². The Morgan fingerprint density at radius 3 is 1.62 bits per heavy atom. The molecule has 5 heteroatoms. The fourth-order valence-electron chi connectivity index (χ4n) is 9.92. The lowest BCUT2D eigenvalue weighted by molar-refractivity contribution is 0.661. The highest BCUT2D eigenvalue weighted by Crippen LogP contribution is 2.51. The molecule has 1 aliphatic carbocycles. The van der Waals surface area contributed by atoms with Crippen molar-refractivity contribution in [3.8, 4) is 90.4 Å². The summed E-state index contributed by atoms with van der Waals surface area (Å²) in [5, 5.41) is 12.4. The zero-order valence-corrected chi connectivity index (χ0v) is 36.4. The molecule has 0 aliphatic heterocycles. The topological polar surface area (TPSA) is 67.4 Å². The van der Waals surface area contributed by atoms with Crippen molar-refractivity contribution in [1.29, 1.82) is 5.26 Å². The smallest absolute Gasteiger partial charge is 0.164 e. The molecule has 0 atom stereocenters. The normalized spacial score (nSPS) is 12.5. The van der Waals surface area contributed by atoms with Gasteiger partial charge in [-0.2, -0.15) is 5.26 Å². The van der Waals surface area contributed by atoms with Crippen LogP contribution in [0, 0.1) is 11.3 Å². The Balaban J connectivity index is 1.14. The van der Waals surface area contributed by atoms with E-state index in [2.05, 4.69) is 182 Å². The third kappa shape index (κ3) is 6.58. The van der Waals surface area contributed by atoms with Crippen LogP contribution in [0.5, 0.6) is 0 Å². The van der Waals surface area contributed by atoms with E-state index in [1.807, 2.05) is 54.6 Å². The van der Waals surface area contributed by atoms with Gasteiger partial charge in [0.15, 0.2) is 17.5 Å². The van der Waals surface area contributed by atoms with Crippen LogP contribution in [-0.4, -0.2) is 19.5 Å². The summed E-state index contributed by atoms with van der Waals surface area (Å²) in [6, 6.07) is 76.8. The van der Waals surface area contributed by atoms with E-state index in [9.17, 15) is 5.26 Å². The van der Waals surface area contributed by atoms with E-state index in [0.717, 1.165) is 66.8 Å². The Hall–Kier alpha value is -8.72. The van der Waals surface area contributed by atoms with E-state index in [1.165, 1.54) is 33.0 Å². The Morgan fingerprint density at radius 1 is 0.379 bits per heavy atom. The van der Waals surface area contributed by atoms with Crippen molar-refractivity contribution in [3.63, 3.8) is 0 Å². The Kier molecular flexibility index (Phi) is 9.15. The van der Waals surface area contributed by atoms with Crippen LogP contribution in [-0.2, 0) is 5.41 Å². The monoisotopic (exact) mass is 843 g/mol. The fourth-order valence-corrected chi connectivity index (χ4v) is 9.92. The average Bonchev–Trinajstić information content (AvgIpc) is 3.82. The molecule has 0 saturated carbocycles. The van der Waals surface area contributed by atoms with Crippen LogP contribution in [0.4, 0.5) is 0 Å². The molecule has 0 saturated heterocycles. The highest BCUT2D eigenvalue weighted by molar-refractivity contribution is 6.12. The summed E-state index contributed by atoms with van der Waals surface area (Å²) < 4.78 is 2.42. The first-order chi connectivity index (χ1) is 32.4. The van der Waals surface area contributed by atoms with Gasteiger partial charge < -0.3 is 4.57 Å². The molecule has 2 aromatic heterocycles. The Labute approximate surface area is 383 Å². The minimum absolute atomic E-state index is 0.200. The molecule has 11 aromatic rings. The highest BCUT2D eigenvalue weighted by Gasteiger charge is 2.36. The summed E-state index contributed by atoms with van der Waals surface area (Å²) in [6.07, 6.45) is 0. The SMILES string of the molecule is CC1(C)c2ccccc2-c2cc3c4ccc(-c5ccccc5)cc4n(-c4cc(-c5cccc(C#N)c5)cc(-c5nc(-c6ccccc6)nc(-c6cccc(-c7ccccc7)c6)n5)c4)c3cc21. The van der Waals surface area contributed by atoms with Crippen LogP contribution in [0.15, 0.2) is 212 Å². The van der Waals surface area contributed by atoms with Crippen LogP contribution in [0.1, 0.15) is 30.5 Å². The molecule has 0 N–H and O–H groups in total. The number of benzene rings is 9. The fraction of sp³-hybridized carbons (Fsp3) is 0.0492. The van der Waals surface area contributed by atoms with Gasteiger partial charge in [0.1, 0.15) is 0 Å². The quantitative estimate of drug-likeness (QED) is 0.160. The Morgan fingerprint density at radius 2 is 0.909 bits per heavy atom. The van der Waals surface area contributed by atoms with Gasteiger partial charge in [-0.15, -0.1) is 0 Å². The summed E-state index contributed by atoms with van der Waals surface area (Å²) >= 11 is 0. The molecule has 1 aliphatic rings. The molecule has 0 amide bonds. The molecule has 12 rings (SSSR count). The Bertz CT molecular complexity index is 3730. The van der Waals surface area contributed by atoms with E-state index in [1.54, 1.807) is 0 Å². The van der Waals surface area contributed by atoms with E-state index in [0.29, 0.717) is 23.0 Å². The lowest BCUT2D eigenvalue weighted by Crippen LogP contribution is -2.15. The first-order valence-corrected chi connectivity index (χ1v) is 22.3. The molecular formula is C61H41N5. The van der Waals surface area contributed by atoms with E-state index >= 15 is 0 Å². The molecule has 0 spiro atoms. The lowest BCUT2D eigenvalue weighted by atomic mass is 9.82. The molecule has 9 aromatic carbocycles. The number of hydrogen-bond acceptors (Lipinski definition) is 4. The zero-order chi connectivity index (χ0) is 44.4. The third-order valence-corrected chi connectivity index (χ3v) is 13.2. The summed E-state index contributed by atoms with van der Waals surface area (Å²) in [7, 11) is 0. The number of aromatic nitrogens is 4. The number of nitrogens with zero attached hydrogens (tertiary/aromatic N) is 5. The lowest BCUT2D eigenvalue weighted by Gasteiger charge is -2.22. The van der Waals surface area contributed by atoms with Crippen molar-refractivity contribution in [1.82, 2.24) is 19.5 Å². The summed E-state index contributed by atoms with van der Waals surface area (Å²) in [6.45, 7) is 4.67. The van der Waals surface area contributed by atoms with Crippen molar-refractivity contribution < 1.29 is 0 Å². The minimum Gasteiger partial charge on any atom is -0.309 e. The maximum atomic E-state index is 10.1.